The number of thiophene rings is 1. The van der Waals surface area contributed by atoms with Crippen molar-refractivity contribution >= 4 is 40.7 Å². The summed E-state index contributed by atoms with van der Waals surface area (Å²) < 4.78 is 10.3. The maximum Gasteiger partial charge on any atom is 0.350 e. The van der Waals surface area contributed by atoms with Crippen LogP contribution in [-0.2, 0) is 14.3 Å². The Morgan fingerprint density at radius 2 is 2.19 bits per heavy atom. The Balaban J connectivity index is 1.50. The van der Waals surface area contributed by atoms with Gasteiger partial charge in [-0.05, 0) is 18.3 Å². The van der Waals surface area contributed by atoms with Gasteiger partial charge in [-0.3, -0.25) is 9.59 Å². The lowest BCUT2D eigenvalue weighted by Gasteiger charge is -2.11. The van der Waals surface area contributed by atoms with Crippen LogP contribution in [0.15, 0.2) is 5.38 Å². The molecule has 1 heterocycles. The van der Waals surface area contributed by atoms with E-state index >= 15 is 0 Å². The predicted octanol–water partition coefficient (Wildman–Crippen LogP) is 2.17. The third-order valence-electron chi connectivity index (χ3n) is 4.89. The van der Waals surface area contributed by atoms with E-state index in [1.54, 1.807) is 0 Å². The summed E-state index contributed by atoms with van der Waals surface area (Å²) in [5.41, 5.74) is 0.143. The first-order chi connectivity index (χ1) is 10.0. The molecule has 0 amide bonds. The number of halogens is 1. The van der Waals surface area contributed by atoms with Crippen molar-refractivity contribution in [3.05, 3.63) is 15.3 Å². The van der Waals surface area contributed by atoms with E-state index in [4.69, 9.17) is 21.1 Å². The van der Waals surface area contributed by atoms with Crippen LogP contribution in [0.1, 0.15) is 16.8 Å². The number of methoxy groups -OCH3 is 1. The van der Waals surface area contributed by atoms with Gasteiger partial charge in [0.25, 0.3) is 0 Å². The number of rotatable bonds is 3. The molecular weight excluding hydrogens is 316 g/mol. The standard InChI is InChI=1S/C14H11ClO5S/c1-19-11-6(3-21-12(11)15)13(17)20-14(18)9-5-2-4-7(9)8(4)10(5)16/h3-5,7-9H,2H2,1H3. The fourth-order valence-electron chi connectivity index (χ4n) is 4.03. The molecule has 5 atom stereocenters. The highest BCUT2D eigenvalue weighted by Gasteiger charge is 2.76. The minimum Gasteiger partial charge on any atom is -0.493 e. The van der Waals surface area contributed by atoms with E-state index in [0.29, 0.717) is 10.3 Å². The number of Topliss-reactive ketones (excluding diaryl/α,β-unsaturated/α-hetero) is 1. The summed E-state index contributed by atoms with van der Waals surface area (Å²) in [7, 11) is 1.39. The van der Waals surface area contributed by atoms with Crippen molar-refractivity contribution in [3.8, 4) is 5.75 Å². The molecule has 1 aromatic rings. The highest BCUT2D eigenvalue weighted by atomic mass is 35.5. The lowest BCUT2D eigenvalue weighted by Crippen LogP contribution is -2.25. The molecule has 4 fully saturated rings. The van der Waals surface area contributed by atoms with Gasteiger partial charge in [0.15, 0.2) is 5.75 Å². The quantitative estimate of drug-likeness (QED) is 0.629. The van der Waals surface area contributed by atoms with Gasteiger partial charge in [0.2, 0.25) is 0 Å². The van der Waals surface area contributed by atoms with E-state index in [0.717, 1.165) is 17.8 Å². The van der Waals surface area contributed by atoms with Crippen LogP contribution in [0.3, 0.4) is 0 Å². The van der Waals surface area contributed by atoms with Crippen LogP contribution in [0.5, 0.6) is 5.75 Å². The maximum absolute atomic E-state index is 12.2. The minimum atomic E-state index is -0.770. The number of ketones is 1. The molecule has 0 radical (unpaired) electrons. The Bertz CT molecular complexity index is 681. The van der Waals surface area contributed by atoms with E-state index in [9.17, 15) is 14.4 Å². The second-order valence-electron chi connectivity index (χ2n) is 5.70. The van der Waals surface area contributed by atoms with Crippen molar-refractivity contribution in [2.45, 2.75) is 6.42 Å². The highest BCUT2D eigenvalue weighted by molar-refractivity contribution is 7.15. The minimum absolute atomic E-state index is 0.0489. The molecule has 5 nitrogen and oxygen atoms in total. The SMILES string of the molecule is COc1c(C(=O)OC(=O)C2C3CC4C(C3=O)C42)csc1Cl. The van der Waals surface area contributed by atoms with Gasteiger partial charge in [0.1, 0.15) is 15.7 Å². The Kier molecular flexibility index (Phi) is 2.72. The second kappa shape index (κ2) is 4.30. The Hall–Kier alpha value is -1.40. The first-order valence-electron chi connectivity index (χ1n) is 6.65. The van der Waals surface area contributed by atoms with Gasteiger partial charge in [0, 0.05) is 17.2 Å². The number of esters is 2. The van der Waals surface area contributed by atoms with Gasteiger partial charge in [-0.1, -0.05) is 11.6 Å². The summed E-state index contributed by atoms with van der Waals surface area (Å²) in [6.45, 7) is 0. The zero-order valence-corrected chi connectivity index (χ0v) is 12.6. The smallest absolute Gasteiger partial charge is 0.350 e. The fourth-order valence-corrected chi connectivity index (χ4v) is 5.07. The van der Waals surface area contributed by atoms with E-state index < -0.39 is 17.9 Å². The Morgan fingerprint density at radius 3 is 2.71 bits per heavy atom. The molecule has 0 N–H and O–H groups in total. The Morgan fingerprint density at radius 1 is 1.43 bits per heavy atom. The zero-order valence-electron chi connectivity index (χ0n) is 11.0. The van der Waals surface area contributed by atoms with Crippen molar-refractivity contribution in [2.75, 3.05) is 7.11 Å². The monoisotopic (exact) mass is 326 g/mol. The van der Waals surface area contributed by atoms with E-state index in [1.807, 2.05) is 0 Å². The van der Waals surface area contributed by atoms with Crippen molar-refractivity contribution in [2.24, 2.45) is 29.6 Å². The zero-order chi connectivity index (χ0) is 14.9. The van der Waals surface area contributed by atoms with E-state index in [2.05, 4.69) is 0 Å². The first kappa shape index (κ1) is 13.3. The summed E-state index contributed by atoms with van der Waals surface area (Å²) in [6.07, 6.45) is 0.774. The third-order valence-corrected chi connectivity index (χ3v) is 6.08. The molecule has 4 aliphatic carbocycles. The lowest BCUT2D eigenvalue weighted by atomic mass is 9.98. The highest BCUT2D eigenvalue weighted by Crippen LogP contribution is 2.71. The molecule has 0 aliphatic heterocycles. The van der Waals surface area contributed by atoms with Crippen LogP contribution in [-0.4, -0.2) is 24.8 Å². The normalized spacial score (nSPS) is 35.0. The molecule has 21 heavy (non-hydrogen) atoms. The lowest BCUT2D eigenvalue weighted by molar-refractivity contribution is -0.145. The predicted molar refractivity (Wildman–Crippen MR) is 73.4 cm³/mol. The van der Waals surface area contributed by atoms with Crippen molar-refractivity contribution in [3.63, 3.8) is 0 Å². The molecule has 0 spiro atoms. The van der Waals surface area contributed by atoms with Crippen LogP contribution < -0.4 is 4.74 Å². The molecule has 4 saturated carbocycles. The molecule has 5 unspecified atom stereocenters. The van der Waals surface area contributed by atoms with Gasteiger partial charge in [-0.2, -0.15) is 0 Å². The molecule has 0 saturated heterocycles. The summed E-state index contributed by atoms with van der Waals surface area (Å²) >= 11 is 7.02. The fraction of sp³-hybridized carbons (Fsp3) is 0.500. The number of hydrogen-bond donors (Lipinski definition) is 0. The number of carbonyl (C=O) groups is 3. The average Bonchev–Trinajstić information content (AvgIpc) is 2.80. The number of hydrogen-bond acceptors (Lipinski definition) is 6. The van der Waals surface area contributed by atoms with Crippen LogP contribution in [0.4, 0.5) is 0 Å². The van der Waals surface area contributed by atoms with E-state index in [-0.39, 0.29) is 34.8 Å². The largest absolute Gasteiger partial charge is 0.493 e. The van der Waals surface area contributed by atoms with Crippen molar-refractivity contribution < 1.29 is 23.9 Å². The van der Waals surface area contributed by atoms with Gasteiger partial charge < -0.3 is 9.47 Å². The van der Waals surface area contributed by atoms with Crippen LogP contribution >= 0.6 is 22.9 Å². The van der Waals surface area contributed by atoms with Gasteiger partial charge in [-0.15, -0.1) is 11.3 Å². The third kappa shape index (κ3) is 1.66. The molecule has 1 aromatic heterocycles. The summed E-state index contributed by atoms with van der Waals surface area (Å²) in [5, 5.41) is 1.50. The van der Waals surface area contributed by atoms with Crippen molar-refractivity contribution in [1.82, 2.24) is 0 Å². The Labute approximate surface area is 129 Å². The molecule has 4 aliphatic rings. The van der Waals surface area contributed by atoms with Crippen LogP contribution in [0.2, 0.25) is 4.34 Å². The number of ether oxygens (including phenoxy) is 2. The summed E-state index contributed by atoms with van der Waals surface area (Å²) in [4.78, 5) is 36.1. The van der Waals surface area contributed by atoms with Gasteiger partial charge in [0.05, 0.1) is 13.0 Å². The molecule has 4 bridgehead atoms. The summed E-state index contributed by atoms with van der Waals surface area (Å²) in [6, 6.07) is 0. The van der Waals surface area contributed by atoms with Gasteiger partial charge >= 0.3 is 11.9 Å². The molecular formula is C14H11ClO5S. The molecule has 7 heteroatoms. The molecule has 110 valence electrons. The number of carbonyl (C=O) groups excluding carboxylic acids is 3. The van der Waals surface area contributed by atoms with Gasteiger partial charge in [-0.25, -0.2) is 4.79 Å². The van der Waals surface area contributed by atoms with E-state index in [1.165, 1.54) is 12.5 Å². The average molecular weight is 327 g/mol. The maximum atomic E-state index is 12.2. The van der Waals surface area contributed by atoms with Crippen LogP contribution in [0.25, 0.3) is 0 Å². The summed E-state index contributed by atoms with van der Waals surface area (Å²) in [5.74, 6) is -1.13. The topological polar surface area (TPSA) is 69.7 Å². The first-order valence-corrected chi connectivity index (χ1v) is 7.91. The second-order valence-corrected chi connectivity index (χ2v) is 7.18. The van der Waals surface area contributed by atoms with Crippen LogP contribution in [0, 0.1) is 29.6 Å². The molecule has 5 rings (SSSR count). The molecule has 0 aromatic carbocycles. The van der Waals surface area contributed by atoms with Crippen molar-refractivity contribution in [1.29, 1.82) is 0 Å².